The monoisotopic (exact) mass is 261 g/mol. The van der Waals surface area contributed by atoms with E-state index < -0.39 is 23.4 Å². The number of amides is 4. The summed E-state index contributed by atoms with van der Waals surface area (Å²) in [5.74, 6) is -0.752. The number of nitrogens with zero attached hydrogens (tertiary/aromatic N) is 1. The molecule has 0 spiro atoms. The molecule has 96 valence electrons. The van der Waals surface area contributed by atoms with E-state index in [1.54, 1.807) is 0 Å². The molecule has 0 aromatic heterocycles. The van der Waals surface area contributed by atoms with Crippen molar-refractivity contribution in [3.8, 4) is 0 Å². The van der Waals surface area contributed by atoms with Crippen molar-refractivity contribution >= 4 is 29.4 Å². The number of hydrogen-bond donors (Lipinski definition) is 2. The van der Waals surface area contributed by atoms with Gasteiger partial charge in [0.2, 0.25) is 11.8 Å². The van der Waals surface area contributed by atoms with E-state index in [-0.39, 0.29) is 5.91 Å². The largest absolute Gasteiger partial charge is 0.353 e. The van der Waals surface area contributed by atoms with Gasteiger partial charge in [0.1, 0.15) is 11.4 Å². The van der Waals surface area contributed by atoms with E-state index in [1.807, 2.05) is 6.92 Å². The first-order valence-corrected chi connectivity index (χ1v) is 5.94. The van der Waals surface area contributed by atoms with Crippen LogP contribution in [0.4, 0.5) is 4.79 Å². The van der Waals surface area contributed by atoms with Crippen molar-refractivity contribution in [1.82, 2.24) is 15.5 Å². The molecule has 4 amide bonds. The summed E-state index contributed by atoms with van der Waals surface area (Å²) in [6.45, 7) is 4.07. The summed E-state index contributed by atoms with van der Waals surface area (Å²) in [7, 11) is 0. The maximum Gasteiger partial charge on any atom is 0.324 e. The van der Waals surface area contributed by atoms with E-state index in [0.717, 1.165) is 0 Å². The van der Waals surface area contributed by atoms with Gasteiger partial charge < -0.3 is 10.2 Å². The molecular formula is C10H16ClN3O3. The third kappa shape index (κ3) is 3.33. The van der Waals surface area contributed by atoms with Crippen LogP contribution >= 0.6 is 11.6 Å². The lowest BCUT2D eigenvalue weighted by molar-refractivity contribution is -0.128. The van der Waals surface area contributed by atoms with Crippen molar-refractivity contribution in [3.63, 3.8) is 0 Å². The van der Waals surface area contributed by atoms with Gasteiger partial charge in [-0.2, -0.15) is 0 Å². The highest BCUT2D eigenvalue weighted by atomic mass is 35.5. The summed E-state index contributed by atoms with van der Waals surface area (Å²) in [6, 6.07) is -1.09. The van der Waals surface area contributed by atoms with Crippen LogP contribution < -0.4 is 10.6 Å². The second kappa shape index (κ2) is 5.86. The average Bonchev–Trinajstić information content (AvgIpc) is 2.28. The number of piperazine rings is 1. The van der Waals surface area contributed by atoms with Gasteiger partial charge in [0.05, 0.1) is 0 Å². The molecule has 0 bridgehead atoms. The standard InChI is InChI=1S/C10H16ClN3O3/c1-3-7-9(16)12-4-5-14(7)10(17)13-8(15)6(2)11/h6-7H,3-5H2,1-2H3,(H,12,16)(H,13,15,17). The number of urea groups is 1. The van der Waals surface area contributed by atoms with Crippen LogP contribution in [0.15, 0.2) is 0 Å². The van der Waals surface area contributed by atoms with Crippen LogP contribution in [-0.2, 0) is 9.59 Å². The molecule has 1 saturated heterocycles. The van der Waals surface area contributed by atoms with Crippen molar-refractivity contribution in [1.29, 1.82) is 0 Å². The van der Waals surface area contributed by atoms with E-state index in [2.05, 4.69) is 10.6 Å². The van der Waals surface area contributed by atoms with E-state index >= 15 is 0 Å². The Bertz CT molecular complexity index is 333. The Hall–Kier alpha value is -1.30. The van der Waals surface area contributed by atoms with E-state index in [4.69, 9.17) is 11.6 Å². The molecule has 2 unspecified atom stereocenters. The van der Waals surface area contributed by atoms with Crippen molar-refractivity contribution in [3.05, 3.63) is 0 Å². The molecule has 2 N–H and O–H groups in total. The number of nitrogens with one attached hydrogen (secondary N) is 2. The molecule has 0 aromatic carbocycles. The highest BCUT2D eigenvalue weighted by Gasteiger charge is 2.32. The van der Waals surface area contributed by atoms with Crippen molar-refractivity contribution < 1.29 is 14.4 Å². The predicted octanol–water partition coefficient (Wildman–Crippen LogP) is 0.0603. The fraction of sp³-hybridized carbons (Fsp3) is 0.700. The first-order valence-electron chi connectivity index (χ1n) is 5.50. The lowest BCUT2D eigenvalue weighted by atomic mass is 10.1. The Morgan fingerprint density at radius 2 is 2.29 bits per heavy atom. The zero-order chi connectivity index (χ0) is 13.0. The van der Waals surface area contributed by atoms with Gasteiger partial charge in [-0.1, -0.05) is 6.92 Å². The molecule has 1 fully saturated rings. The molecule has 0 aromatic rings. The third-order valence-electron chi connectivity index (χ3n) is 2.57. The van der Waals surface area contributed by atoms with Gasteiger partial charge in [-0.25, -0.2) is 4.79 Å². The van der Waals surface area contributed by atoms with Gasteiger partial charge >= 0.3 is 6.03 Å². The van der Waals surface area contributed by atoms with Gasteiger partial charge in [-0.3, -0.25) is 14.9 Å². The first kappa shape index (κ1) is 13.8. The number of carbonyl (C=O) groups is 3. The molecule has 1 aliphatic heterocycles. The molecule has 0 radical (unpaired) electrons. The first-order chi connectivity index (χ1) is 7.97. The predicted molar refractivity (Wildman–Crippen MR) is 62.6 cm³/mol. The second-order valence-corrected chi connectivity index (χ2v) is 4.47. The third-order valence-corrected chi connectivity index (χ3v) is 2.77. The number of alkyl halides is 1. The van der Waals surface area contributed by atoms with Crippen molar-refractivity contribution in [2.45, 2.75) is 31.7 Å². The van der Waals surface area contributed by atoms with Crippen LogP contribution in [0.1, 0.15) is 20.3 Å². The molecule has 7 heteroatoms. The zero-order valence-electron chi connectivity index (χ0n) is 9.83. The Balaban J connectivity index is 2.66. The molecule has 1 rings (SSSR count). The molecule has 2 atom stereocenters. The molecule has 0 aliphatic carbocycles. The summed E-state index contributed by atoms with van der Waals surface area (Å²) in [6.07, 6.45) is 0.504. The lowest BCUT2D eigenvalue weighted by Gasteiger charge is -2.34. The number of hydrogen-bond acceptors (Lipinski definition) is 3. The molecule has 0 saturated carbocycles. The summed E-state index contributed by atoms with van der Waals surface area (Å²) in [5.41, 5.74) is 0. The summed E-state index contributed by atoms with van der Waals surface area (Å²) in [4.78, 5) is 35.9. The zero-order valence-corrected chi connectivity index (χ0v) is 10.6. The number of halogens is 1. The Labute approximate surface area is 105 Å². The number of imide groups is 1. The maximum absolute atomic E-state index is 11.8. The molecule has 17 heavy (non-hydrogen) atoms. The van der Waals surface area contributed by atoms with Gasteiger partial charge in [-0.15, -0.1) is 11.6 Å². The highest BCUT2D eigenvalue weighted by molar-refractivity contribution is 6.31. The van der Waals surface area contributed by atoms with Crippen LogP contribution in [0.5, 0.6) is 0 Å². The SMILES string of the molecule is CCC1C(=O)NCCN1C(=O)NC(=O)C(C)Cl. The Morgan fingerprint density at radius 1 is 1.65 bits per heavy atom. The summed E-state index contributed by atoms with van der Waals surface area (Å²) in [5, 5.41) is 4.06. The quantitative estimate of drug-likeness (QED) is 0.690. The molecule has 6 nitrogen and oxygen atoms in total. The molecular weight excluding hydrogens is 246 g/mol. The Kier molecular flexibility index (Phi) is 4.74. The van der Waals surface area contributed by atoms with Gasteiger partial charge in [0, 0.05) is 13.1 Å². The van der Waals surface area contributed by atoms with Crippen molar-refractivity contribution in [2.75, 3.05) is 13.1 Å². The van der Waals surface area contributed by atoms with Crippen LogP contribution in [0.3, 0.4) is 0 Å². The van der Waals surface area contributed by atoms with E-state index in [1.165, 1.54) is 11.8 Å². The number of rotatable bonds is 2. The highest BCUT2D eigenvalue weighted by Crippen LogP contribution is 2.08. The Morgan fingerprint density at radius 3 is 2.82 bits per heavy atom. The number of carbonyl (C=O) groups excluding carboxylic acids is 3. The van der Waals surface area contributed by atoms with Crippen LogP contribution in [-0.4, -0.2) is 47.3 Å². The normalized spacial score (nSPS) is 21.7. The molecule has 1 heterocycles. The van der Waals surface area contributed by atoms with Crippen LogP contribution in [0.25, 0.3) is 0 Å². The summed E-state index contributed by atoms with van der Waals surface area (Å²) >= 11 is 5.55. The van der Waals surface area contributed by atoms with Gasteiger partial charge in [0.15, 0.2) is 0 Å². The smallest absolute Gasteiger partial charge is 0.324 e. The average molecular weight is 262 g/mol. The summed E-state index contributed by atoms with van der Waals surface area (Å²) < 4.78 is 0. The fourth-order valence-corrected chi connectivity index (χ4v) is 1.69. The maximum atomic E-state index is 11.8. The second-order valence-electron chi connectivity index (χ2n) is 3.82. The minimum atomic E-state index is -0.780. The molecule has 1 aliphatic rings. The minimum Gasteiger partial charge on any atom is -0.353 e. The fourth-order valence-electron chi connectivity index (χ4n) is 1.64. The van der Waals surface area contributed by atoms with Gasteiger partial charge in [0.25, 0.3) is 0 Å². The van der Waals surface area contributed by atoms with E-state index in [9.17, 15) is 14.4 Å². The van der Waals surface area contributed by atoms with Crippen LogP contribution in [0.2, 0.25) is 0 Å². The van der Waals surface area contributed by atoms with Crippen molar-refractivity contribution in [2.24, 2.45) is 0 Å². The lowest BCUT2D eigenvalue weighted by Crippen LogP contribution is -2.60. The topological polar surface area (TPSA) is 78.5 Å². The van der Waals surface area contributed by atoms with Crippen LogP contribution in [0, 0.1) is 0 Å². The minimum absolute atomic E-state index is 0.194. The van der Waals surface area contributed by atoms with Gasteiger partial charge in [-0.05, 0) is 13.3 Å². The van der Waals surface area contributed by atoms with E-state index in [0.29, 0.717) is 19.5 Å².